The molecule has 146 valence electrons. The molecule has 0 radical (unpaired) electrons. The van der Waals surface area contributed by atoms with Gasteiger partial charge in [0.1, 0.15) is 17.4 Å². The van der Waals surface area contributed by atoms with Gasteiger partial charge < -0.3 is 15.8 Å². The minimum atomic E-state index is -0.703. The highest BCUT2D eigenvalue weighted by Crippen LogP contribution is 2.39. The van der Waals surface area contributed by atoms with Crippen LogP contribution >= 0.6 is 12.4 Å². The normalized spacial score (nSPS) is 15.4. The average Bonchev–Trinajstić information content (AvgIpc) is 3.46. The Balaban J connectivity index is 0.00000261. The van der Waals surface area contributed by atoms with E-state index in [0.29, 0.717) is 23.8 Å². The van der Waals surface area contributed by atoms with Gasteiger partial charge in [-0.25, -0.2) is 8.78 Å². The molecule has 3 rings (SSSR count). The predicted molar refractivity (Wildman–Crippen MR) is 103 cm³/mol. The number of halogens is 3. The standard InChI is InChI=1S/C20H22F2N2O2.ClH/c1-20(11-23,13-4-5-13)24-19(25)16-7-3-12(9-17(16)21)15-8-6-14(26-2)10-18(15)22;/h3,6-10,13H,4-5,11,23H2,1-2H3,(H,24,25);1H. The molecule has 2 aromatic rings. The molecule has 1 amide bonds. The number of hydrogen-bond donors (Lipinski definition) is 2. The highest BCUT2D eigenvalue weighted by molar-refractivity contribution is 5.95. The minimum Gasteiger partial charge on any atom is -0.497 e. The molecule has 0 saturated heterocycles. The number of carbonyl (C=O) groups excluding carboxylic acids is 1. The van der Waals surface area contributed by atoms with Gasteiger partial charge in [0.15, 0.2) is 0 Å². The van der Waals surface area contributed by atoms with Crippen molar-refractivity contribution in [3.05, 3.63) is 53.6 Å². The van der Waals surface area contributed by atoms with Gasteiger partial charge in [-0.3, -0.25) is 4.79 Å². The molecule has 3 N–H and O–H groups in total. The first kappa shape index (κ1) is 21.1. The van der Waals surface area contributed by atoms with Gasteiger partial charge in [0.05, 0.1) is 18.2 Å². The lowest BCUT2D eigenvalue weighted by Gasteiger charge is -2.29. The first-order valence-electron chi connectivity index (χ1n) is 8.54. The third-order valence-corrected chi connectivity index (χ3v) is 5.00. The van der Waals surface area contributed by atoms with Crippen LogP contribution in [-0.4, -0.2) is 25.1 Å². The lowest BCUT2D eigenvalue weighted by Crippen LogP contribution is -2.53. The number of hydrogen-bond acceptors (Lipinski definition) is 3. The molecule has 0 spiro atoms. The van der Waals surface area contributed by atoms with Gasteiger partial charge in [0, 0.05) is 18.2 Å². The summed E-state index contributed by atoms with van der Waals surface area (Å²) in [5.74, 6) is -1.03. The zero-order valence-electron chi connectivity index (χ0n) is 15.2. The largest absolute Gasteiger partial charge is 0.497 e. The van der Waals surface area contributed by atoms with Crippen molar-refractivity contribution >= 4 is 18.3 Å². The first-order chi connectivity index (χ1) is 12.4. The SMILES string of the molecule is COc1ccc(-c2ccc(C(=O)NC(C)(CN)C3CC3)c(F)c2)c(F)c1.Cl. The zero-order valence-corrected chi connectivity index (χ0v) is 16.0. The fraction of sp³-hybridized carbons (Fsp3) is 0.350. The summed E-state index contributed by atoms with van der Waals surface area (Å²) in [6.45, 7) is 2.17. The molecule has 1 atom stereocenters. The van der Waals surface area contributed by atoms with Crippen molar-refractivity contribution in [3.63, 3.8) is 0 Å². The first-order valence-corrected chi connectivity index (χ1v) is 8.54. The summed E-state index contributed by atoms with van der Waals surface area (Å²) in [7, 11) is 1.44. The summed E-state index contributed by atoms with van der Waals surface area (Å²) in [4.78, 5) is 12.5. The molecule has 4 nitrogen and oxygen atoms in total. The van der Waals surface area contributed by atoms with Crippen LogP contribution in [0.4, 0.5) is 8.78 Å². The Bertz CT molecular complexity index is 843. The summed E-state index contributed by atoms with van der Waals surface area (Å²) in [5, 5.41) is 2.85. The smallest absolute Gasteiger partial charge is 0.254 e. The number of benzene rings is 2. The molecular weight excluding hydrogens is 374 g/mol. The summed E-state index contributed by atoms with van der Waals surface area (Å²) in [5.41, 5.74) is 5.76. The van der Waals surface area contributed by atoms with Gasteiger partial charge in [-0.05, 0) is 55.5 Å². The molecule has 1 saturated carbocycles. The molecule has 2 aromatic carbocycles. The molecule has 7 heteroatoms. The second-order valence-electron chi connectivity index (χ2n) is 6.89. The quantitative estimate of drug-likeness (QED) is 0.777. The van der Waals surface area contributed by atoms with Crippen LogP contribution in [0, 0.1) is 17.6 Å². The highest BCUT2D eigenvalue weighted by Gasteiger charge is 2.41. The van der Waals surface area contributed by atoms with E-state index in [0.717, 1.165) is 18.9 Å². The highest BCUT2D eigenvalue weighted by atomic mass is 35.5. The number of amides is 1. The lowest BCUT2D eigenvalue weighted by atomic mass is 9.95. The molecule has 0 aromatic heterocycles. The lowest BCUT2D eigenvalue weighted by molar-refractivity contribution is 0.0893. The third-order valence-electron chi connectivity index (χ3n) is 5.00. The number of nitrogens with one attached hydrogen (secondary N) is 1. The maximum Gasteiger partial charge on any atom is 0.254 e. The zero-order chi connectivity index (χ0) is 18.9. The maximum atomic E-state index is 14.5. The minimum absolute atomic E-state index is 0. The van der Waals surface area contributed by atoms with Gasteiger partial charge >= 0.3 is 0 Å². The molecule has 0 aliphatic heterocycles. The van der Waals surface area contributed by atoms with E-state index in [4.69, 9.17) is 10.5 Å². The molecule has 1 unspecified atom stereocenters. The summed E-state index contributed by atoms with van der Waals surface area (Å²) in [6, 6.07) is 8.40. The third kappa shape index (κ3) is 4.39. The van der Waals surface area contributed by atoms with Crippen LogP contribution in [0.1, 0.15) is 30.1 Å². The van der Waals surface area contributed by atoms with Crippen molar-refractivity contribution in [3.8, 4) is 16.9 Å². The van der Waals surface area contributed by atoms with E-state index in [1.807, 2.05) is 6.92 Å². The second kappa shape index (κ2) is 8.23. The van der Waals surface area contributed by atoms with E-state index in [1.54, 1.807) is 6.07 Å². The van der Waals surface area contributed by atoms with Crippen LogP contribution in [0.2, 0.25) is 0 Å². The molecule has 1 aliphatic carbocycles. The topological polar surface area (TPSA) is 64.3 Å². The van der Waals surface area contributed by atoms with Crippen LogP contribution in [0.25, 0.3) is 11.1 Å². The number of rotatable bonds is 6. The maximum absolute atomic E-state index is 14.5. The van der Waals surface area contributed by atoms with Crippen LogP contribution in [0.3, 0.4) is 0 Å². The second-order valence-corrected chi connectivity index (χ2v) is 6.89. The molecule has 1 aliphatic rings. The van der Waals surface area contributed by atoms with Gasteiger partial charge in [-0.15, -0.1) is 12.4 Å². The molecular formula is C20H23ClF2N2O2. The Morgan fingerprint density at radius 1 is 1.22 bits per heavy atom. The van der Waals surface area contributed by atoms with E-state index in [2.05, 4.69) is 5.32 Å². The van der Waals surface area contributed by atoms with Crippen molar-refractivity contribution in [2.75, 3.05) is 13.7 Å². The van der Waals surface area contributed by atoms with Gasteiger partial charge in [-0.2, -0.15) is 0 Å². The Labute approximate surface area is 163 Å². The summed E-state index contributed by atoms with van der Waals surface area (Å²) in [6.07, 6.45) is 2.01. The van der Waals surface area contributed by atoms with Crippen LogP contribution < -0.4 is 15.8 Å². The van der Waals surface area contributed by atoms with E-state index in [-0.39, 0.29) is 23.5 Å². The predicted octanol–water partition coefficient (Wildman–Crippen LogP) is 3.92. The fourth-order valence-electron chi connectivity index (χ4n) is 3.09. The van der Waals surface area contributed by atoms with Gasteiger partial charge in [0.25, 0.3) is 5.91 Å². The molecule has 27 heavy (non-hydrogen) atoms. The average molecular weight is 397 g/mol. The summed E-state index contributed by atoms with van der Waals surface area (Å²) >= 11 is 0. The number of carbonyl (C=O) groups is 1. The van der Waals surface area contributed by atoms with Crippen molar-refractivity contribution in [1.29, 1.82) is 0 Å². The molecule has 1 fully saturated rings. The number of ether oxygens (including phenoxy) is 1. The Morgan fingerprint density at radius 3 is 2.44 bits per heavy atom. The van der Waals surface area contributed by atoms with Crippen molar-refractivity contribution in [2.24, 2.45) is 11.7 Å². The molecule has 0 heterocycles. The van der Waals surface area contributed by atoms with E-state index >= 15 is 0 Å². The van der Waals surface area contributed by atoms with E-state index in [9.17, 15) is 13.6 Å². The molecule has 0 bridgehead atoms. The van der Waals surface area contributed by atoms with E-state index < -0.39 is 23.1 Å². The van der Waals surface area contributed by atoms with Crippen LogP contribution in [0.5, 0.6) is 5.75 Å². The Hall–Kier alpha value is -2.18. The van der Waals surface area contributed by atoms with E-state index in [1.165, 1.54) is 31.4 Å². The van der Waals surface area contributed by atoms with Crippen molar-refractivity contribution < 1.29 is 18.3 Å². The van der Waals surface area contributed by atoms with Crippen LogP contribution in [0.15, 0.2) is 36.4 Å². The fourth-order valence-corrected chi connectivity index (χ4v) is 3.09. The Kier molecular flexibility index (Phi) is 6.44. The summed E-state index contributed by atoms with van der Waals surface area (Å²) < 4.78 is 33.7. The van der Waals surface area contributed by atoms with Crippen molar-refractivity contribution in [1.82, 2.24) is 5.32 Å². The Morgan fingerprint density at radius 2 is 1.93 bits per heavy atom. The van der Waals surface area contributed by atoms with Crippen molar-refractivity contribution in [2.45, 2.75) is 25.3 Å². The number of methoxy groups -OCH3 is 1. The van der Waals surface area contributed by atoms with Crippen LogP contribution in [-0.2, 0) is 0 Å². The van der Waals surface area contributed by atoms with Gasteiger partial charge in [-0.1, -0.05) is 6.07 Å². The monoisotopic (exact) mass is 396 g/mol. The van der Waals surface area contributed by atoms with Gasteiger partial charge in [0.2, 0.25) is 0 Å². The number of nitrogens with two attached hydrogens (primary N) is 1.